The van der Waals surface area contributed by atoms with Crippen LogP contribution in [0.25, 0.3) is 0 Å². The van der Waals surface area contributed by atoms with Gasteiger partial charge in [-0.3, -0.25) is 0 Å². The zero-order valence-corrected chi connectivity index (χ0v) is 10.5. The van der Waals surface area contributed by atoms with Crippen molar-refractivity contribution in [2.24, 2.45) is 5.73 Å². The highest BCUT2D eigenvalue weighted by atomic mass is 35.5. The Morgan fingerprint density at radius 3 is 2.35 bits per heavy atom. The summed E-state index contributed by atoms with van der Waals surface area (Å²) in [5.74, 6) is 0. The number of rotatable bonds is 4. The number of hydrogen-bond acceptors (Lipinski definition) is 1. The van der Waals surface area contributed by atoms with Gasteiger partial charge in [-0.05, 0) is 41.7 Å². The van der Waals surface area contributed by atoms with Gasteiger partial charge in [0, 0.05) is 11.6 Å². The predicted octanol–water partition coefficient (Wildman–Crippen LogP) is 3.58. The lowest BCUT2D eigenvalue weighted by Gasteiger charge is -2.08. The molecule has 0 aliphatic heterocycles. The van der Waals surface area contributed by atoms with Crippen LogP contribution in [0.15, 0.2) is 48.5 Å². The Bertz CT molecular complexity index is 480. The molecule has 0 saturated carbocycles. The minimum Gasteiger partial charge on any atom is -0.326 e. The summed E-state index contributed by atoms with van der Waals surface area (Å²) < 4.78 is 0. The smallest absolute Gasteiger partial charge is 0.0409 e. The second-order valence-corrected chi connectivity index (χ2v) is 4.54. The van der Waals surface area contributed by atoms with Crippen molar-refractivity contribution in [2.45, 2.75) is 19.4 Å². The molecule has 2 aromatic rings. The number of hydrogen-bond donors (Lipinski definition) is 1. The summed E-state index contributed by atoms with van der Waals surface area (Å²) in [5, 5.41) is 0.758. The lowest BCUT2D eigenvalue weighted by molar-refractivity contribution is 0.922. The SMILES string of the molecule is NCc1cc(Cl)ccc1CCc1ccccc1. The molecule has 2 heteroatoms. The Balaban J connectivity index is 2.09. The van der Waals surface area contributed by atoms with E-state index in [0.717, 1.165) is 23.4 Å². The van der Waals surface area contributed by atoms with E-state index < -0.39 is 0 Å². The Hall–Kier alpha value is -1.31. The largest absolute Gasteiger partial charge is 0.326 e. The molecule has 0 heterocycles. The fourth-order valence-corrected chi connectivity index (χ4v) is 2.15. The van der Waals surface area contributed by atoms with Crippen LogP contribution in [0.5, 0.6) is 0 Å². The zero-order chi connectivity index (χ0) is 12.1. The molecule has 2 rings (SSSR count). The average Bonchev–Trinajstić information content (AvgIpc) is 2.38. The van der Waals surface area contributed by atoms with E-state index in [2.05, 4.69) is 30.3 Å². The van der Waals surface area contributed by atoms with Gasteiger partial charge in [0.2, 0.25) is 0 Å². The fourth-order valence-electron chi connectivity index (χ4n) is 1.95. The molecule has 2 N–H and O–H groups in total. The quantitative estimate of drug-likeness (QED) is 0.876. The highest BCUT2D eigenvalue weighted by Gasteiger charge is 2.02. The summed E-state index contributed by atoms with van der Waals surface area (Å²) in [6.45, 7) is 0.546. The Morgan fingerprint density at radius 1 is 0.882 bits per heavy atom. The topological polar surface area (TPSA) is 26.0 Å². The maximum Gasteiger partial charge on any atom is 0.0409 e. The standard InChI is InChI=1S/C15H16ClN/c16-15-9-8-13(14(10-15)11-17)7-6-12-4-2-1-3-5-12/h1-5,8-10H,6-7,11,17H2. The molecule has 0 amide bonds. The first-order valence-electron chi connectivity index (χ1n) is 5.81. The van der Waals surface area contributed by atoms with Crippen LogP contribution in [-0.2, 0) is 19.4 Å². The van der Waals surface area contributed by atoms with Crippen LogP contribution >= 0.6 is 11.6 Å². The Kier molecular flexibility index (Phi) is 4.18. The molecule has 0 saturated heterocycles. The van der Waals surface area contributed by atoms with Crippen molar-refractivity contribution in [3.05, 3.63) is 70.2 Å². The number of halogens is 1. The minimum absolute atomic E-state index is 0.546. The molecule has 0 unspecified atom stereocenters. The number of aryl methyl sites for hydroxylation is 2. The van der Waals surface area contributed by atoms with E-state index in [1.54, 1.807) is 0 Å². The van der Waals surface area contributed by atoms with Crippen molar-refractivity contribution in [3.8, 4) is 0 Å². The van der Waals surface area contributed by atoms with Crippen LogP contribution in [0.2, 0.25) is 5.02 Å². The van der Waals surface area contributed by atoms with Crippen LogP contribution < -0.4 is 5.73 Å². The molecule has 0 fully saturated rings. The van der Waals surface area contributed by atoms with Crippen molar-refractivity contribution >= 4 is 11.6 Å². The van der Waals surface area contributed by atoms with Gasteiger partial charge in [-0.25, -0.2) is 0 Å². The second kappa shape index (κ2) is 5.85. The molecule has 0 aromatic heterocycles. The molecule has 0 atom stereocenters. The molecule has 1 nitrogen and oxygen atoms in total. The summed E-state index contributed by atoms with van der Waals surface area (Å²) >= 11 is 5.96. The van der Waals surface area contributed by atoms with Gasteiger partial charge in [0.1, 0.15) is 0 Å². The van der Waals surface area contributed by atoms with Gasteiger partial charge in [-0.2, -0.15) is 0 Å². The van der Waals surface area contributed by atoms with E-state index in [0.29, 0.717) is 6.54 Å². The fraction of sp³-hybridized carbons (Fsp3) is 0.200. The number of benzene rings is 2. The summed E-state index contributed by atoms with van der Waals surface area (Å²) in [6, 6.07) is 16.5. The predicted molar refractivity (Wildman–Crippen MR) is 73.2 cm³/mol. The molecule has 88 valence electrons. The first kappa shape index (κ1) is 12.2. The highest BCUT2D eigenvalue weighted by molar-refractivity contribution is 6.30. The maximum absolute atomic E-state index is 5.96. The summed E-state index contributed by atoms with van der Waals surface area (Å²) in [6.07, 6.45) is 2.04. The average molecular weight is 246 g/mol. The Morgan fingerprint density at radius 2 is 1.65 bits per heavy atom. The van der Waals surface area contributed by atoms with Gasteiger partial charge in [-0.15, -0.1) is 0 Å². The zero-order valence-electron chi connectivity index (χ0n) is 9.70. The third-order valence-electron chi connectivity index (χ3n) is 2.91. The molecule has 0 bridgehead atoms. The van der Waals surface area contributed by atoms with Crippen LogP contribution in [0.1, 0.15) is 16.7 Å². The third-order valence-corrected chi connectivity index (χ3v) is 3.15. The van der Waals surface area contributed by atoms with E-state index in [4.69, 9.17) is 17.3 Å². The number of nitrogens with two attached hydrogens (primary N) is 1. The van der Waals surface area contributed by atoms with Crippen LogP contribution in [0, 0.1) is 0 Å². The second-order valence-electron chi connectivity index (χ2n) is 4.10. The van der Waals surface area contributed by atoms with E-state index in [9.17, 15) is 0 Å². The van der Waals surface area contributed by atoms with E-state index >= 15 is 0 Å². The van der Waals surface area contributed by atoms with Crippen LogP contribution in [0.3, 0.4) is 0 Å². The minimum atomic E-state index is 0.546. The maximum atomic E-state index is 5.96. The lowest BCUT2D eigenvalue weighted by Crippen LogP contribution is -2.02. The first-order chi connectivity index (χ1) is 8.29. The van der Waals surface area contributed by atoms with Crippen molar-refractivity contribution in [1.29, 1.82) is 0 Å². The van der Waals surface area contributed by atoms with Crippen LogP contribution in [0.4, 0.5) is 0 Å². The molecule has 0 spiro atoms. The molecule has 2 aromatic carbocycles. The lowest BCUT2D eigenvalue weighted by atomic mass is 10.00. The van der Waals surface area contributed by atoms with Gasteiger partial charge in [0.05, 0.1) is 0 Å². The molecular formula is C15H16ClN. The van der Waals surface area contributed by atoms with E-state index in [-0.39, 0.29) is 0 Å². The Labute approximate surface area is 107 Å². The summed E-state index contributed by atoms with van der Waals surface area (Å²) in [4.78, 5) is 0. The summed E-state index contributed by atoms with van der Waals surface area (Å²) in [5.41, 5.74) is 9.52. The molecule has 0 radical (unpaired) electrons. The van der Waals surface area contributed by atoms with Gasteiger partial charge in [-0.1, -0.05) is 48.0 Å². The first-order valence-corrected chi connectivity index (χ1v) is 6.18. The van der Waals surface area contributed by atoms with Gasteiger partial charge in [0.15, 0.2) is 0 Å². The monoisotopic (exact) mass is 245 g/mol. The van der Waals surface area contributed by atoms with Gasteiger partial charge in [0.25, 0.3) is 0 Å². The van der Waals surface area contributed by atoms with Crippen molar-refractivity contribution in [1.82, 2.24) is 0 Å². The van der Waals surface area contributed by atoms with Crippen LogP contribution in [-0.4, -0.2) is 0 Å². The van der Waals surface area contributed by atoms with Crippen molar-refractivity contribution < 1.29 is 0 Å². The highest BCUT2D eigenvalue weighted by Crippen LogP contribution is 2.17. The van der Waals surface area contributed by atoms with Gasteiger partial charge < -0.3 is 5.73 Å². The molecule has 0 aliphatic rings. The third kappa shape index (κ3) is 3.32. The normalized spacial score (nSPS) is 10.5. The molecular weight excluding hydrogens is 230 g/mol. The molecule has 0 aliphatic carbocycles. The van der Waals surface area contributed by atoms with E-state index in [1.807, 2.05) is 18.2 Å². The molecule has 17 heavy (non-hydrogen) atoms. The van der Waals surface area contributed by atoms with Crippen molar-refractivity contribution in [2.75, 3.05) is 0 Å². The van der Waals surface area contributed by atoms with E-state index in [1.165, 1.54) is 11.1 Å². The summed E-state index contributed by atoms with van der Waals surface area (Å²) in [7, 11) is 0. The van der Waals surface area contributed by atoms with Crippen molar-refractivity contribution in [3.63, 3.8) is 0 Å². The van der Waals surface area contributed by atoms with Gasteiger partial charge >= 0.3 is 0 Å².